The summed E-state index contributed by atoms with van der Waals surface area (Å²) in [6, 6.07) is 11.0. The van der Waals surface area contributed by atoms with Crippen LogP contribution in [-0.4, -0.2) is 32.0 Å². The Bertz CT molecular complexity index is 989. The third-order valence-electron chi connectivity index (χ3n) is 4.37. The van der Waals surface area contributed by atoms with Crippen molar-refractivity contribution < 1.29 is 18.1 Å². The number of nitrogens with zero attached hydrogens (tertiary/aromatic N) is 2. The molecule has 0 bridgehead atoms. The first-order valence-corrected chi connectivity index (χ1v) is 10.5. The van der Waals surface area contributed by atoms with Crippen LogP contribution >= 0.6 is 0 Å². The molecular formula is C19H23N3O5S. The first kappa shape index (κ1) is 21.4. The molecule has 150 valence electrons. The second-order valence-electron chi connectivity index (χ2n) is 6.51. The molecule has 0 aliphatic carbocycles. The van der Waals surface area contributed by atoms with E-state index in [-0.39, 0.29) is 36.7 Å². The van der Waals surface area contributed by atoms with Crippen molar-refractivity contribution in [1.29, 1.82) is 0 Å². The number of benzene rings is 2. The zero-order valence-corrected chi connectivity index (χ0v) is 16.8. The smallest absolute Gasteiger partial charge is 0.271 e. The lowest BCUT2D eigenvalue weighted by molar-refractivity contribution is -0.384. The highest BCUT2D eigenvalue weighted by atomic mass is 32.2. The summed E-state index contributed by atoms with van der Waals surface area (Å²) in [5.41, 5.74) is 2.77. The highest BCUT2D eigenvalue weighted by Crippen LogP contribution is 2.24. The minimum Gasteiger partial charge on any atom is -0.326 e. The Morgan fingerprint density at radius 1 is 1.18 bits per heavy atom. The predicted molar refractivity (Wildman–Crippen MR) is 109 cm³/mol. The molecule has 0 atom stereocenters. The summed E-state index contributed by atoms with van der Waals surface area (Å²) in [4.78, 5) is 22.6. The molecule has 28 heavy (non-hydrogen) atoms. The molecule has 8 nitrogen and oxygen atoms in total. The van der Waals surface area contributed by atoms with Crippen molar-refractivity contribution in [3.05, 3.63) is 63.7 Å². The second kappa shape index (κ2) is 8.83. The summed E-state index contributed by atoms with van der Waals surface area (Å²) in [5.74, 6) is -0.221. The third-order valence-corrected chi connectivity index (χ3v) is 5.57. The summed E-state index contributed by atoms with van der Waals surface area (Å²) < 4.78 is 25.3. The summed E-state index contributed by atoms with van der Waals surface area (Å²) in [6.45, 7) is 3.91. The number of rotatable bonds is 8. The number of amides is 1. The van der Waals surface area contributed by atoms with E-state index >= 15 is 0 Å². The molecule has 1 amide bonds. The number of sulfonamides is 1. The molecule has 0 spiro atoms. The van der Waals surface area contributed by atoms with Gasteiger partial charge in [-0.15, -0.1) is 0 Å². The number of aryl methyl sites for hydroxylation is 1. The van der Waals surface area contributed by atoms with E-state index in [4.69, 9.17) is 0 Å². The molecule has 2 aromatic carbocycles. The molecule has 0 aromatic heterocycles. The minimum atomic E-state index is -3.65. The number of carbonyl (C=O) groups excluding carboxylic acids is 1. The highest BCUT2D eigenvalue weighted by Gasteiger charge is 2.20. The number of carbonyl (C=O) groups is 1. The first-order chi connectivity index (χ1) is 13.1. The van der Waals surface area contributed by atoms with Crippen molar-refractivity contribution in [2.45, 2.75) is 26.7 Å². The Labute approximate surface area is 164 Å². The molecule has 0 aliphatic rings. The number of hydrogen-bond acceptors (Lipinski definition) is 5. The van der Waals surface area contributed by atoms with Crippen LogP contribution in [0.2, 0.25) is 0 Å². The van der Waals surface area contributed by atoms with Gasteiger partial charge in [-0.1, -0.05) is 18.2 Å². The van der Waals surface area contributed by atoms with Gasteiger partial charge in [-0.2, -0.15) is 0 Å². The van der Waals surface area contributed by atoms with E-state index in [0.717, 1.165) is 27.4 Å². The highest BCUT2D eigenvalue weighted by molar-refractivity contribution is 7.92. The van der Waals surface area contributed by atoms with Crippen LogP contribution in [0.25, 0.3) is 0 Å². The number of anilines is 2. The lowest BCUT2D eigenvalue weighted by atomic mass is 10.1. The Morgan fingerprint density at radius 2 is 1.86 bits per heavy atom. The summed E-state index contributed by atoms with van der Waals surface area (Å²) in [7, 11) is -3.65. The van der Waals surface area contributed by atoms with Gasteiger partial charge in [0.25, 0.3) is 5.69 Å². The van der Waals surface area contributed by atoms with E-state index in [2.05, 4.69) is 5.32 Å². The van der Waals surface area contributed by atoms with Crippen molar-refractivity contribution in [3.63, 3.8) is 0 Å². The number of nitrogens with one attached hydrogen (secondary N) is 1. The maximum absolute atomic E-state index is 12.2. The SMILES string of the molecule is Cc1cccc(NC(=O)CCCN(c2cccc([N+](=O)[O-])c2)S(C)(=O)=O)c1C. The number of nitro groups is 1. The van der Waals surface area contributed by atoms with Crippen molar-refractivity contribution in [2.75, 3.05) is 22.4 Å². The van der Waals surface area contributed by atoms with Crippen molar-refractivity contribution in [1.82, 2.24) is 0 Å². The molecule has 0 saturated carbocycles. The van der Waals surface area contributed by atoms with Gasteiger partial charge in [0, 0.05) is 30.8 Å². The molecule has 0 unspecified atom stereocenters. The van der Waals surface area contributed by atoms with Crippen LogP contribution in [0.5, 0.6) is 0 Å². The quantitative estimate of drug-likeness (QED) is 0.535. The average Bonchev–Trinajstić information content (AvgIpc) is 2.61. The number of nitro benzene ring substituents is 1. The van der Waals surface area contributed by atoms with E-state index in [9.17, 15) is 23.3 Å². The largest absolute Gasteiger partial charge is 0.326 e. The van der Waals surface area contributed by atoms with Gasteiger partial charge in [-0.05, 0) is 43.5 Å². The Kier molecular flexibility index (Phi) is 6.74. The average molecular weight is 405 g/mol. The lowest BCUT2D eigenvalue weighted by Crippen LogP contribution is -2.31. The molecule has 2 rings (SSSR count). The van der Waals surface area contributed by atoms with E-state index in [1.165, 1.54) is 24.3 Å². The van der Waals surface area contributed by atoms with Crippen LogP contribution < -0.4 is 9.62 Å². The summed E-state index contributed by atoms with van der Waals surface area (Å²) in [5, 5.41) is 13.8. The maximum Gasteiger partial charge on any atom is 0.271 e. The topological polar surface area (TPSA) is 110 Å². The molecule has 0 radical (unpaired) electrons. The van der Waals surface area contributed by atoms with Gasteiger partial charge in [0.05, 0.1) is 16.9 Å². The minimum absolute atomic E-state index is 0.0419. The standard InChI is InChI=1S/C19H23N3O5S/c1-14-7-4-10-18(15(14)2)20-19(23)11-6-12-21(28(3,26)27)16-8-5-9-17(13-16)22(24)25/h4-5,7-10,13H,6,11-12H2,1-3H3,(H,20,23). The first-order valence-electron chi connectivity index (χ1n) is 8.68. The van der Waals surface area contributed by atoms with E-state index in [0.29, 0.717) is 0 Å². The van der Waals surface area contributed by atoms with E-state index in [1.807, 2.05) is 32.0 Å². The van der Waals surface area contributed by atoms with Crippen molar-refractivity contribution >= 4 is 33.0 Å². The predicted octanol–water partition coefficient (Wildman–Crippen LogP) is 3.40. The number of hydrogen-bond donors (Lipinski definition) is 1. The van der Waals surface area contributed by atoms with Crippen LogP contribution in [0, 0.1) is 24.0 Å². The molecule has 9 heteroatoms. The maximum atomic E-state index is 12.2. The Balaban J connectivity index is 2.05. The summed E-state index contributed by atoms with van der Waals surface area (Å²) in [6.07, 6.45) is 1.42. The molecule has 0 heterocycles. The Morgan fingerprint density at radius 3 is 2.50 bits per heavy atom. The van der Waals surface area contributed by atoms with Gasteiger partial charge in [0.15, 0.2) is 0 Å². The zero-order chi connectivity index (χ0) is 20.9. The fourth-order valence-electron chi connectivity index (χ4n) is 2.73. The van der Waals surface area contributed by atoms with Gasteiger partial charge in [0.2, 0.25) is 15.9 Å². The van der Waals surface area contributed by atoms with Crippen LogP contribution in [0.15, 0.2) is 42.5 Å². The molecule has 2 aromatic rings. The number of non-ortho nitro benzene ring substituents is 1. The third kappa shape index (κ3) is 5.53. The fourth-order valence-corrected chi connectivity index (χ4v) is 3.69. The van der Waals surface area contributed by atoms with Gasteiger partial charge in [0.1, 0.15) is 0 Å². The molecule has 0 fully saturated rings. The molecule has 0 aliphatic heterocycles. The van der Waals surface area contributed by atoms with Crippen LogP contribution in [-0.2, 0) is 14.8 Å². The molecular weight excluding hydrogens is 382 g/mol. The van der Waals surface area contributed by atoms with Gasteiger partial charge >= 0.3 is 0 Å². The molecule has 0 saturated heterocycles. The van der Waals surface area contributed by atoms with Crippen LogP contribution in [0.3, 0.4) is 0 Å². The van der Waals surface area contributed by atoms with Crippen molar-refractivity contribution in [2.24, 2.45) is 0 Å². The van der Waals surface area contributed by atoms with Gasteiger partial charge in [-0.3, -0.25) is 19.2 Å². The van der Waals surface area contributed by atoms with Crippen LogP contribution in [0.1, 0.15) is 24.0 Å². The fraction of sp³-hybridized carbons (Fsp3) is 0.316. The normalized spacial score (nSPS) is 11.1. The van der Waals surface area contributed by atoms with Crippen LogP contribution in [0.4, 0.5) is 17.1 Å². The molecule has 1 N–H and O–H groups in total. The Hall–Kier alpha value is -2.94. The zero-order valence-electron chi connectivity index (χ0n) is 16.0. The van der Waals surface area contributed by atoms with Gasteiger partial charge < -0.3 is 5.32 Å². The summed E-state index contributed by atoms with van der Waals surface area (Å²) >= 11 is 0. The van der Waals surface area contributed by atoms with E-state index in [1.54, 1.807) is 0 Å². The second-order valence-corrected chi connectivity index (χ2v) is 8.42. The van der Waals surface area contributed by atoms with Crippen molar-refractivity contribution in [3.8, 4) is 0 Å². The van der Waals surface area contributed by atoms with E-state index < -0.39 is 14.9 Å². The monoisotopic (exact) mass is 405 g/mol. The lowest BCUT2D eigenvalue weighted by Gasteiger charge is -2.22. The van der Waals surface area contributed by atoms with Gasteiger partial charge in [-0.25, -0.2) is 8.42 Å².